The minimum Gasteiger partial charge on any atom is -0.494 e. The Hall–Kier alpha value is -2.98. The van der Waals surface area contributed by atoms with E-state index in [-0.39, 0.29) is 17.8 Å². The highest BCUT2D eigenvalue weighted by molar-refractivity contribution is 7.92. The molecule has 1 N–H and O–H groups in total. The van der Waals surface area contributed by atoms with Gasteiger partial charge < -0.3 is 14.5 Å². The van der Waals surface area contributed by atoms with E-state index in [1.165, 1.54) is 18.4 Å². The first kappa shape index (κ1) is 27.3. The van der Waals surface area contributed by atoms with E-state index < -0.39 is 10.0 Å². The van der Waals surface area contributed by atoms with Gasteiger partial charge in [0.25, 0.3) is 0 Å². The molecule has 34 heavy (non-hydrogen) atoms. The Morgan fingerprint density at radius 1 is 1.26 bits per heavy atom. The van der Waals surface area contributed by atoms with E-state index >= 15 is 0 Å². The predicted molar refractivity (Wildman–Crippen MR) is 135 cm³/mol. The van der Waals surface area contributed by atoms with Crippen molar-refractivity contribution in [3.8, 4) is 11.8 Å². The van der Waals surface area contributed by atoms with Gasteiger partial charge in [-0.15, -0.1) is 4.68 Å². The van der Waals surface area contributed by atoms with Crippen molar-refractivity contribution >= 4 is 48.7 Å². The molecule has 0 fully saturated rings. The highest BCUT2D eigenvalue weighted by Crippen LogP contribution is 2.40. The molecule has 0 aliphatic heterocycles. The molecule has 0 saturated carbocycles. The van der Waals surface area contributed by atoms with Crippen molar-refractivity contribution in [3.05, 3.63) is 12.1 Å². The normalized spacial score (nSPS) is 11.8. The van der Waals surface area contributed by atoms with Crippen LogP contribution in [0.15, 0.2) is 22.4 Å². The Balaban J connectivity index is 2.53. The number of benzene rings is 1. The maximum atomic E-state index is 12.0. The maximum Gasteiger partial charge on any atom is 0.431 e. The fourth-order valence-corrected chi connectivity index (χ4v) is 5.06. The molecule has 1 aromatic heterocycles. The monoisotopic (exact) mass is 509 g/mol. The van der Waals surface area contributed by atoms with E-state index in [2.05, 4.69) is 58.7 Å². The molecule has 0 atom stereocenters. The van der Waals surface area contributed by atoms with E-state index in [1.54, 1.807) is 30.9 Å². The van der Waals surface area contributed by atoms with Gasteiger partial charge in [0.1, 0.15) is 18.5 Å². The van der Waals surface area contributed by atoms with Gasteiger partial charge in [-0.2, -0.15) is 5.26 Å². The lowest BCUT2D eigenvalue weighted by molar-refractivity contribution is -0.712. The molecule has 186 valence electrons. The Labute approximate surface area is 205 Å². The summed E-state index contributed by atoms with van der Waals surface area (Å²) < 4.78 is 33.7. The smallest absolute Gasteiger partial charge is 0.431 e. The Morgan fingerprint density at radius 3 is 2.44 bits per heavy atom. The zero-order chi connectivity index (χ0) is 25.6. The van der Waals surface area contributed by atoms with Crippen molar-refractivity contribution in [2.24, 2.45) is 17.3 Å². The van der Waals surface area contributed by atoms with E-state index in [4.69, 9.17) is 10.00 Å². The lowest BCUT2D eigenvalue weighted by atomic mass is 10.2. The number of rotatable bonds is 11. The van der Waals surface area contributed by atoms with E-state index in [0.717, 1.165) is 11.4 Å². The lowest BCUT2D eigenvalue weighted by Gasteiger charge is -2.28. The van der Waals surface area contributed by atoms with Crippen LogP contribution in [0.1, 0.15) is 34.1 Å². The molecule has 0 saturated heterocycles. The number of nitrogens with one attached hydrogen (secondary N) is 1. The van der Waals surface area contributed by atoms with Crippen molar-refractivity contribution in [1.82, 2.24) is 5.10 Å². The Kier molecular flexibility index (Phi) is 9.17. The minimum absolute atomic E-state index is 0.254. The van der Waals surface area contributed by atoms with Gasteiger partial charge in [-0.1, -0.05) is 5.10 Å². The van der Waals surface area contributed by atoms with Crippen LogP contribution in [-0.2, 0) is 17.1 Å². The third kappa shape index (κ3) is 7.01. The molecule has 1 heterocycles. The minimum atomic E-state index is -3.58. The first-order valence-electron chi connectivity index (χ1n) is 10.7. The number of aryl methyl sites for hydroxylation is 1. The molecule has 11 nitrogen and oxygen atoms in total. The number of nitriles is 1. The largest absolute Gasteiger partial charge is 0.494 e. The Morgan fingerprint density at radius 2 is 1.91 bits per heavy atom. The maximum absolute atomic E-state index is 12.0. The SMILES string of the molecule is COc1cc(N=Nc2sc(N(C(C)C)C(C)C)n[n+]2C)c(NS(C)(=O)=O)cc1N(C)CCC#N. The molecular formula is C21H33N8O3S2+. The van der Waals surface area contributed by atoms with Crippen LogP contribution in [-0.4, -0.2) is 52.6 Å². The fourth-order valence-electron chi connectivity index (χ4n) is 3.39. The first-order chi connectivity index (χ1) is 15.9. The van der Waals surface area contributed by atoms with Crippen LogP contribution in [0.2, 0.25) is 0 Å². The number of sulfonamides is 1. The molecule has 1 aromatic carbocycles. The van der Waals surface area contributed by atoms with Crippen molar-refractivity contribution in [2.45, 2.75) is 46.2 Å². The van der Waals surface area contributed by atoms with Gasteiger partial charge in [0.15, 0.2) is 0 Å². The summed E-state index contributed by atoms with van der Waals surface area (Å²) in [7, 11) is 1.53. The molecule has 0 spiro atoms. The molecular weight excluding hydrogens is 476 g/mol. The third-order valence-corrected chi connectivity index (χ3v) is 6.43. The van der Waals surface area contributed by atoms with Gasteiger partial charge in [-0.25, -0.2) is 8.42 Å². The lowest BCUT2D eigenvalue weighted by Crippen LogP contribution is -2.39. The van der Waals surface area contributed by atoms with E-state index in [9.17, 15) is 8.42 Å². The van der Waals surface area contributed by atoms with Crippen LogP contribution in [0.5, 0.6) is 5.75 Å². The van der Waals surface area contributed by atoms with Crippen LogP contribution >= 0.6 is 11.3 Å². The molecule has 13 heteroatoms. The van der Waals surface area contributed by atoms with Crippen LogP contribution in [0.4, 0.5) is 27.3 Å². The van der Waals surface area contributed by atoms with Crippen molar-refractivity contribution in [1.29, 1.82) is 5.26 Å². The van der Waals surface area contributed by atoms with Crippen molar-refractivity contribution < 1.29 is 17.8 Å². The van der Waals surface area contributed by atoms with E-state index in [1.807, 2.05) is 4.90 Å². The molecule has 0 aliphatic carbocycles. The van der Waals surface area contributed by atoms with Gasteiger partial charge >= 0.3 is 5.13 Å². The van der Waals surface area contributed by atoms with Crippen LogP contribution < -0.4 is 23.9 Å². The second-order valence-electron chi connectivity index (χ2n) is 8.33. The predicted octanol–water partition coefficient (Wildman–Crippen LogP) is 3.74. The average molecular weight is 510 g/mol. The standard InChI is InChI=1S/C21H32N8O3S2/c1-14(2)29(15(3)4)21-25-28(6)20(33-21)24-23-16-13-19(32-7)18(27(5)11-9-10-22)12-17(16)26-34(8,30)31/h12-15H,9,11H2,1-8H3/p+1. The number of azo groups is 1. The first-order valence-corrected chi connectivity index (χ1v) is 13.4. The quantitative estimate of drug-likeness (QED) is 0.361. The molecule has 0 bridgehead atoms. The summed E-state index contributed by atoms with van der Waals surface area (Å²) in [6.45, 7) is 8.87. The summed E-state index contributed by atoms with van der Waals surface area (Å²) in [4.78, 5) is 4.01. The number of ether oxygens (including phenoxy) is 1. The number of aromatic nitrogens is 2. The molecule has 2 aromatic rings. The van der Waals surface area contributed by atoms with Gasteiger partial charge in [-0.3, -0.25) is 4.72 Å². The third-order valence-electron chi connectivity index (χ3n) is 4.83. The second kappa shape index (κ2) is 11.4. The number of hydrogen-bond acceptors (Lipinski definition) is 10. The summed E-state index contributed by atoms with van der Waals surface area (Å²) in [6.07, 6.45) is 1.38. The molecule has 2 rings (SSSR count). The van der Waals surface area contributed by atoms with Crippen LogP contribution in [0.3, 0.4) is 0 Å². The van der Waals surface area contributed by atoms with Crippen LogP contribution in [0, 0.1) is 11.3 Å². The zero-order valence-corrected chi connectivity index (χ0v) is 22.5. The molecule has 0 aliphatic rings. The zero-order valence-electron chi connectivity index (χ0n) is 20.9. The number of anilines is 3. The number of methoxy groups -OCH3 is 1. The summed E-state index contributed by atoms with van der Waals surface area (Å²) in [6, 6.07) is 5.87. The van der Waals surface area contributed by atoms with Gasteiger partial charge in [0, 0.05) is 31.7 Å². The second-order valence-corrected chi connectivity index (χ2v) is 11.0. The molecule has 0 radical (unpaired) electrons. The molecule has 0 unspecified atom stereocenters. The molecule has 0 amide bonds. The van der Waals surface area contributed by atoms with Gasteiger partial charge in [0.05, 0.1) is 42.3 Å². The number of hydrogen-bond donors (Lipinski definition) is 1. The van der Waals surface area contributed by atoms with Crippen molar-refractivity contribution in [2.75, 3.05) is 41.5 Å². The summed E-state index contributed by atoms with van der Waals surface area (Å²) in [5, 5.41) is 23.6. The summed E-state index contributed by atoms with van der Waals surface area (Å²) >= 11 is 1.40. The van der Waals surface area contributed by atoms with Gasteiger partial charge in [0.2, 0.25) is 15.2 Å². The fraction of sp³-hybridized carbons (Fsp3) is 0.571. The number of nitrogens with zero attached hydrogens (tertiary/aromatic N) is 7. The summed E-state index contributed by atoms with van der Waals surface area (Å²) in [5.41, 5.74) is 1.17. The highest BCUT2D eigenvalue weighted by Gasteiger charge is 2.25. The average Bonchev–Trinajstić information content (AvgIpc) is 3.08. The summed E-state index contributed by atoms with van der Waals surface area (Å²) in [5.74, 6) is 0.480. The van der Waals surface area contributed by atoms with Crippen molar-refractivity contribution in [3.63, 3.8) is 0 Å². The highest BCUT2D eigenvalue weighted by atomic mass is 32.2. The van der Waals surface area contributed by atoms with E-state index in [0.29, 0.717) is 35.2 Å². The van der Waals surface area contributed by atoms with Crippen LogP contribution in [0.25, 0.3) is 0 Å². The Bertz CT molecular complexity index is 1160. The topological polar surface area (TPSA) is 127 Å². The van der Waals surface area contributed by atoms with Gasteiger partial charge in [-0.05, 0) is 50.2 Å².